The largest absolute Gasteiger partial charge is 1.00 e. The Labute approximate surface area is 199 Å². The molecule has 170 valence electrons. The lowest BCUT2D eigenvalue weighted by Gasteiger charge is -2.29. The highest BCUT2D eigenvalue weighted by atomic mass is 127. The van der Waals surface area contributed by atoms with E-state index in [1.807, 2.05) is 30.3 Å². The third kappa shape index (κ3) is 18.2. The Morgan fingerprint density at radius 1 is 0.621 bits per heavy atom. The second-order valence-corrected chi connectivity index (χ2v) is 9.14. The smallest absolute Gasteiger partial charge is 0.137 e. The molecule has 0 aliphatic carbocycles. The van der Waals surface area contributed by atoms with Crippen LogP contribution in [0.25, 0.3) is 0 Å². The fraction of sp³-hybridized carbons (Fsp3) is 0.769. The summed E-state index contributed by atoms with van der Waals surface area (Å²) in [6.07, 6.45) is 20.0. The Kier molecular flexibility index (Phi) is 19.5. The Morgan fingerprint density at radius 2 is 1.07 bits per heavy atom. The van der Waals surface area contributed by atoms with E-state index >= 15 is 0 Å². The minimum atomic E-state index is 0. The summed E-state index contributed by atoms with van der Waals surface area (Å²) >= 11 is 0. The summed E-state index contributed by atoms with van der Waals surface area (Å²) in [6.45, 7) is 5.43. The van der Waals surface area contributed by atoms with E-state index in [1.165, 1.54) is 96.4 Å². The van der Waals surface area contributed by atoms with Gasteiger partial charge in [-0.1, -0.05) is 102 Å². The van der Waals surface area contributed by atoms with Crippen molar-refractivity contribution in [3.05, 3.63) is 30.3 Å². The minimum Gasteiger partial charge on any atom is -1.00 e. The van der Waals surface area contributed by atoms with Gasteiger partial charge in [0.05, 0.1) is 20.6 Å². The lowest BCUT2D eigenvalue weighted by Crippen LogP contribution is -3.00. The molecule has 3 heteroatoms. The van der Waals surface area contributed by atoms with Crippen LogP contribution in [-0.2, 0) is 0 Å². The highest BCUT2D eigenvalue weighted by Crippen LogP contribution is 2.14. The molecule has 0 saturated carbocycles. The number of nitrogens with zero attached hydrogens (tertiary/aromatic N) is 1. The minimum absolute atomic E-state index is 0. The molecule has 29 heavy (non-hydrogen) atoms. The molecule has 1 rings (SSSR count). The number of hydrogen-bond donors (Lipinski definition) is 0. The molecule has 0 aromatic heterocycles. The Bertz CT molecular complexity index is 449. The highest BCUT2D eigenvalue weighted by molar-refractivity contribution is 5.20. The lowest BCUT2D eigenvalue weighted by atomic mass is 10.0. The topological polar surface area (TPSA) is 9.23 Å². The van der Waals surface area contributed by atoms with E-state index in [-0.39, 0.29) is 24.0 Å². The van der Waals surface area contributed by atoms with Gasteiger partial charge in [0.2, 0.25) is 0 Å². The SMILES string of the molecule is CCCCCCCCCCCCCCCC[N+](C)(C)CCOc1ccccc1.[I-]. The summed E-state index contributed by atoms with van der Waals surface area (Å²) in [7, 11) is 4.66. The average Bonchev–Trinajstić information content (AvgIpc) is 2.69. The quantitative estimate of drug-likeness (QED) is 0.148. The van der Waals surface area contributed by atoms with Crippen LogP contribution in [0.4, 0.5) is 0 Å². The maximum Gasteiger partial charge on any atom is 0.137 e. The number of benzene rings is 1. The van der Waals surface area contributed by atoms with Gasteiger partial charge >= 0.3 is 0 Å². The van der Waals surface area contributed by atoms with Crippen molar-refractivity contribution in [1.29, 1.82) is 0 Å². The number of ether oxygens (including phenoxy) is 1. The molecule has 1 aromatic rings. The Morgan fingerprint density at radius 3 is 1.55 bits per heavy atom. The van der Waals surface area contributed by atoms with E-state index in [1.54, 1.807) is 0 Å². The molecule has 0 aliphatic rings. The van der Waals surface area contributed by atoms with Gasteiger partial charge in [0.25, 0.3) is 0 Å². The van der Waals surface area contributed by atoms with E-state index < -0.39 is 0 Å². The molecular weight excluding hydrogens is 469 g/mol. The molecule has 0 unspecified atom stereocenters. The van der Waals surface area contributed by atoms with Crippen molar-refractivity contribution in [2.24, 2.45) is 0 Å². The molecule has 0 spiro atoms. The number of likely N-dealkylation sites (N-methyl/N-ethyl adjacent to an activating group) is 1. The first-order valence-corrected chi connectivity index (χ1v) is 12.1. The first kappa shape index (κ1) is 28.7. The molecule has 1 aromatic carbocycles. The Balaban J connectivity index is 0.00000784. The van der Waals surface area contributed by atoms with Crippen molar-refractivity contribution in [3.8, 4) is 5.75 Å². The van der Waals surface area contributed by atoms with Crippen LogP contribution < -0.4 is 28.7 Å². The van der Waals surface area contributed by atoms with Crippen LogP contribution in [0.1, 0.15) is 96.8 Å². The van der Waals surface area contributed by atoms with Crippen molar-refractivity contribution in [3.63, 3.8) is 0 Å². The van der Waals surface area contributed by atoms with E-state index in [0.717, 1.165) is 23.4 Å². The van der Waals surface area contributed by atoms with Crippen LogP contribution in [0.5, 0.6) is 5.75 Å². The van der Waals surface area contributed by atoms with Crippen LogP contribution in [0.2, 0.25) is 0 Å². The lowest BCUT2D eigenvalue weighted by molar-refractivity contribution is -0.890. The number of quaternary nitrogens is 1. The zero-order valence-electron chi connectivity index (χ0n) is 19.6. The van der Waals surface area contributed by atoms with Gasteiger partial charge < -0.3 is 33.2 Å². The van der Waals surface area contributed by atoms with Gasteiger partial charge in [-0.3, -0.25) is 0 Å². The van der Waals surface area contributed by atoms with Crippen molar-refractivity contribution >= 4 is 0 Å². The first-order chi connectivity index (χ1) is 13.6. The second kappa shape index (κ2) is 19.7. The van der Waals surface area contributed by atoms with Crippen molar-refractivity contribution in [2.75, 3.05) is 33.8 Å². The normalized spacial score (nSPS) is 11.3. The van der Waals surface area contributed by atoms with Gasteiger partial charge in [0, 0.05) is 0 Å². The maximum atomic E-state index is 5.85. The number of rotatable bonds is 19. The molecule has 0 radical (unpaired) electrons. The van der Waals surface area contributed by atoms with E-state index in [0.29, 0.717) is 0 Å². The first-order valence-electron chi connectivity index (χ1n) is 12.1. The average molecular weight is 518 g/mol. The van der Waals surface area contributed by atoms with Gasteiger partial charge in [-0.2, -0.15) is 0 Å². The number of unbranched alkanes of at least 4 members (excludes halogenated alkanes) is 13. The molecule has 0 bridgehead atoms. The van der Waals surface area contributed by atoms with Crippen LogP contribution >= 0.6 is 0 Å². The zero-order valence-corrected chi connectivity index (χ0v) is 21.8. The third-order valence-corrected chi connectivity index (χ3v) is 5.83. The van der Waals surface area contributed by atoms with Crippen molar-refractivity contribution in [1.82, 2.24) is 0 Å². The van der Waals surface area contributed by atoms with Crippen LogP contribution in [0, 0.1) is 0 Å². The predicted octanol–water partition coefficient (Wildman–Crippen LogP) is 4.63. The van der Waals surface area contributed by atoms with Crippen molar-refractivity contribution < 1.29 is 33.2 Å². The summed E-state index contributed by atoms with van der Waals surface area (Å²) in [5, 5.41) is 0. The standard InChI is InChI=1S/C26H48NO.HI/c1-4-5-6-7-8-9-10-11-12-13-14-15-16-20-23-27(2,3)24-25-28-26-21-18-17-19-22-26;/h17-19,21-22H,4-16,20,23-25H2,1-3H3;1H/q+1;/p-1. The van der Waals surface area contributed by atoms with Gasteiger partial charge in [-0.25, -0.2) is 0 Å². The summed E-state index contributed by atoms with van der Waals surface area (Å²) < 4.78 is 6.91. The molecule has 0 fully saturated rings. The van der Waals surface area contributed by atoms with E-state index in [4.69, 9.17) is 4.74 Å². The van der Waals surface area contributed by atoms with E-state index in [9.17, 15) is 0 Å². The van der Waals surface area contributed by atoms with Gasteiger partial charge in [-0.15, -0.1) is 0 Å². The third-order valence-electron chi connectivity index (χ3n) is 5.83. The number of halogens is 1. The predicted molar refractivity (Wildman–Crippen MR) is 124 cm³/mol. The van der Waals surface area contributed by atoms with Crippen LogP contribution in [-0.4, -0.2) is 38.3 Å². The molecule has 2 nitrogen and oxygen atoms in total. The summed E-state index contributed by atoms with van der Waals surface area (Å²) in [5.41, 5.74) is 0. The van der Waals surface area contributed by atoms with Crippen LogP contribution in [0.3, 0.4) is 0 Å². The number of hydrogen-bond acceptors (Lipinski definition) is 1. The molecule has 0 N–H and O–H groups in total. The molecule has 0 saturated heterocycles. The van der Waals surface area contributed by atoms with Crippen LogP contribution in [0.15, 0.2) is 30.3 Å². The zero-order chi connectivity index (χ0) is 20.3. The number of para-hydroxylation sites is 1. The fourth-order valence-corrected chi connectivity index (χ4v) is 3.77. The summed E-state index contributed by atoms with van der Waals surface area (Å²) in [6, 6.07) is 10.2. The van der Waals surface area contributed by atoms with Gasteiger partial charge in [-0.05, 0) is 25.0 Å². The van der Waals surface area contributed by atoms with Crippen molar-refractivity contribution in [2.45, 2.75) is 96.8 Å². The van der Waals surface area contributed by atoms with Gasteiger partial charge in [0.15, 0.2) is 0 Å². The van der Waals surface area contributed by atoms with Gasteiger partial charge in [0.1, 0.15) is 18.9 Å². The summed E-state index contributed by atoms with van der Waals surface area (Å²) in [4.78, 5) is 0. The second-order valence-electron chi connectivity index (χ2n) is 9.14. The molecule has 0 aliphatic heterocycles. The Hall–Kier alpha value is -0.290. The highest BCUT2D eigenvalue weighted by Gasteiger charge is 2.14. The molecule has 0 atom stereocenters. The summed E-state index contributed by atoms with van der Waals surface area (Å²) in [5.74, 6) is 0.985. The molecule has 0 heterocycles. The molecule has 0 amide bonds. The fourth-order valence-electron chi connectivity index (χ4n) is 3.77. The maximum absolute atomic E-state index is 5.85. The van der Waals surface area contributed by atoms with E-state index in [2.05, 4.69) is 21.0 Å². The molecular formula is C26H48INO. The monoisotopic (exact) mass is 517 g/mol.